The van der Waals surface area contributed by atoms with E-state index in [1.807, 2.05) is 4.68 Å². The lowest BCUT2D eigenvalue weighted by Gasteiger charge is -2.36. The summed E-state index contributed by atoms with van der Waals surface area (Å²) in [6.07, 6.45) is 3.33. The predicted octanol–water partition coefficient (Wildman–Crippen LogP) is 3.14. The summed E-state index contributed by atoms with van der Waals surface area (Å²) in [6.45, 7) is 6.37. The maximum Gasteiger partial charge on any atom is 0.209 e. The van der Waals surface area contributed by atoms with Gasteiger partial charge in [-0.3, -0.25) is 4.79 Å². The summed E-state index contributed by atoms with van der Waals surface area (Å²) in [7, 11) is 0. The summed E-state index contributed by atoms with van der Waals surface area (Å²) in [5, 5.41) is 5.24. The third-order valence-electron chi connectivity index (χ3n) is 5.33. The van der Waals surface area contributed by atoms with Gasteiger partial charge in [0.05, 0.1) is 12.3 Å². The number of hydrogen-bond donors (Lipinski definition) is 0. The van der Waals surface area contributed by atoms with E-state index in [1.165, 1.54) is 10.4 Å². The summed E-state index contributed by atoms with van der Waals surface area (Å²) in [5.74, 6) is 2.08. The van der Waals surface area contributed by atoms with Gasteiger partial charge in [-0.05, 0) is 31.5 Å². The zero-order valence-electron chi connectivity index (χ0n) is 15.8. The summed E-state index contributed by atoms with van der Waals surface area (Å²) in [4.78, 5) is 23.2. The van der Waals surface area contributed by atoms with Crippen molar-refractivity contribution < 1.29 is 9.53 Å². The van der Waals surface area contributed by atoms with Gasteiger partial charge in [0.15, 0.2) is 10.8 Å². The van der Waals surface area contributed by atoms with Gasteiger partial charge in [0, 0.05) is 41.9 Å². The number of carbonyl (C=O) groups is 1. The third-order valence-corrected chi connectivity index (χ3v) is 6.44. The van der Waals surface area contributed by atoms with Crippen molar-refractivity contribution in [3.63, 3.8) is 0 Å². The SMILES string of the molecule is CC(C)n1ncnc1-c1nc2c(s1)CCOc1cc(C3CN(C=O)C3)ccc1-2. The van der Waals surface area contributed by atoms with Crippen molar-refractivity contribution in [3.8, 4) is 27.8 Å². The molecule has 7 nitrogen and oxygen atoms in total. The molecule has 2 aromatic heterocycles. The minimum absolute atomic E-state index is 0.229. The Morgan fingerprint density at radius 2 is 2.18 bits per heavy atom. The maximum absolute atomic E-state index is 10.8. The van der Waals surface area contributed by atoms with E-state index in [0.717, 1.165) is 53.8 Å². The van der Waals surface area contributed by atoms with Crippen LogP contribution in [0.1, 0.15) is 36.2 Å². The molecule has 0 aliphatic carbocycles. The number of ether oxygens (including phenoxy) is 1. The second kappa shape index (κ2) is 6.70. The standard InChI is InChI=1S/C20H21N5O2S/c1-12(2)25-19(21-10-22-25)20-23-18-15-4-3-13(14-8-24(9-14)11-26)7-16(15)27-6-5-17(18)28-20/h3-4,7,10-12,14H,5-6,8-9H2,1-2H3. The van der Waals surface area contributed by atoms with Crippen LogP contribution >= 0.6 is 11.3 Å². The molecule has 1 amide bonds. The van der Waals surface area contributed by atoms with E-state index in [-0.39, 0.29) is 6.04 Å². The van der Waals surface area contributed by atoms with Gasteiger partial charge in [-0.2, -0.15) is 5.10 Å². The number of likely N-dealkylation sites (tertiary alicyclic amines) is 1. The molecular formula is C20H21N5O2S. The van der Waals surface area contributed by atoms with Crippen LogP contribution < -0.4 is 4.74 Å². The molecular weight excluding hydrogens is 374 g/mol. The van der Waals surface area contributed by atoms with Gasteiger partial charge in [0.1, 0.15) is 12.1 Å². The fourth-order valence-corrected chi connectivity index (χ4v) is 4.83. The van der Waals surface area contributed by atoms with Crippen LogP contribution in [0.3, 0.4) is 0 Å². The topological polar surface area (TPSA) is 73.1 Å². The van der Waals surface area contributed by atoms with Crippen LogP contribution in [0, 0.1) is 0 Å². The first-order valence-electron chi connectivity index (χ1n) is 9.50. The van der Waals surface area contributed by atoms with E-state index in [0.29, 0.717) is 12.5 Å². The van der Waals surface area contributed by atoms with Gasteiger partial charge in [-0.1, -0.05) is 6.07 Å². The van der Waals surface area contributed by atoms with Crippen molar-refractivity contribution in [3.05, 3.63) is 35.0 Å². The van der Waals surface area contributed by atoms with Gasteiger partial charge >= 0.3 is 0 Å². The molecule has 1 saturated heterocycles. The van der Waals surface area contributed by atoms with Gasteiger partial charge in [-0.15, -0.1) is 11.3 Å². The van der Waals surface area contributed by atoms with Gasteiger partial charge in [-0.25, -0.2) is 14.6 Å². The first-order chi connectivity index (χ1) is 13.6. The fraction of sp³-hybridized carbons (Fsp3) is 0.400. The molecule has 8 heteroatoms. The molecule has 0 N–H and O–H groups in total. The Bertz CT molecular complexity index is 1040. The Morgan fingerprint density at radius 1 is 1.32 bits per heavy atom. The van der Waals surface area contributed by atoms with Crippen LogP contribution in [0.25, 0.3) is 22.1 Å². The third kappa shape index (κ3) is 2.79. The molecule has 0 saturated carbocycles. The molecule has 2 aliphatic rings. The number of carbonyl (C=O) groups excluding carboxylic acids is 1. The first-order valence-corrected chi connectivity index (χ1v) is 10.3. The van der Waals surface area contributed by atoms with Crippen molar-refractivity contribution >= 4 is 17.7 Å². The molecule has 5 rings (SSSR count). The van der Waals surface area contributed by atoms with E-state index >= 15 is 0 Å². The van der Waals surface area contributed by atoms with Crippen LogP contribution in [0.2, 0.25) is 0 Å². The fourth-order valence-electron chi connectivity index (χ4n) is 3.78. The number of amides is 1. The number of aromatic nitrogens is 4. The number of nitrogens with zero attached hydrogens (tertiary/aromatic N) is 5. The minimum atomic E-state index is 0.229. The average molecular weight is 395 g/mol. The molecule has 3 aromatic rings. The lowest BCUT2D eigenvalue weighted by molar-refractivity contribution is -0.122. The number of fused-ring (bicyclic) bond motifs is 3. The Kier molecular flexibility index (Phi) is 4.16. The second-order valence-corrected chi connectivity index (χ2v) is 8.61. The van der Waals surface area contributed by atoms with Crippen molar-refractivity contribution in [2.75, 3.05) is 19.7 Å². The number of rotatable bonds is 4. The van der Waals surface area contributed by atoms with Gasteiger partial charge in [0.2, 0.25) is 6.41 Å². The molecule has 4 heterocycles. The van der Waals surface area contributed by atoms with E-state index in [4.69, 9.17) is 9.72 Å². The first kappa shape index (κ1) is 17.4. The highest BCUT2D eigenvalue weighted by Gasteiger charge is 2.29. The molecule has 144 valence electrons. The Balaban J connectivity index is 1.51. The number of benzene rings is 1. The smallest absolute Gasteiger partial charge is 0.209 e. The average Bonchev–Trinajstić information content (AvgIpc) is 3.25. The predicted molar refractivity (Wildman–Crippen MR) is 107 cm³/mol. The monoisotopic (exact) mass is 395 g/mol. The van der Waals surface area contributed by atoms with E-state index in [1.54, 1.807) is 22.6 Å². The highest BCUT2D eigenvalue weighted by atomic mass is 32.1. The van der Waals surface area contributed by atoms with Gasteiger partial charge < -0.3 is 9.64 Å². The highest BCUT2D eigenvalue weighted by Crippen LogP contribution is 2.41. The number of thiazole rings is 1. The lowest BCUT2D eigenvalue weighted by Crippen LogP contribution is -2.43. The summed E-state index contributed by atoms with van der Waals surface area (Å²) in [5.41, 5.74) is 3.23. The van der Waals surface area contributed by atoms with Gasteiger partial charge in [0.25, 0.3) is 0 Å². The summed E-state index contributed by atoms with van der Waals surface area (Å²) < 4.78 is 7.96. The molecule has 0 spiro atoms. The molecule has 0 radical (unpaired) electrons. The minimum Gasteiger partial charge on any atom is -0.492 e. The molecule has 0 bridgehead atoms. The molecule has 1 aromatic carbocycles. The summed E-state index contributed by atoms with van der Waals surface area (Å²) in [6, 6.07) is 6.59. The van der Waals surface area contributed by atoms with Crippen LogP contribution in [-0.4, -0.2) is 50.8 Å². The normalized spacial score (nSPS) is 16.2. The zero-order valence-corrected chi connectivity index (χ0v) is 16.6. The molecule has 0 unspecified atom stereocenters. The quantitative estimate of drug-likeness (QED) is 0.635. The highest BCUT2D eigenvalue weighted by molar-refractivity contribution is 7.15. The molecule has 2 aliphatic heterocycles. The summed E-state index contributed by atoms with van der Waals surface area (Å²) >= 11 is 1.67. The Hall–Kier alpha value is -2.74. The largest absolute Gasteiger partial charge is 0.492 e. The molecule has 28 heavy (non-hydrogen) atoms. The van der Waals surface area contributed by atoms with E-state index in [2.05, 4.69) is 42.1 Å². The second-order valence-electron chi connectivity index (χ2n) is 7.52. The van der Waals surface area contributed by atoms with Crippen LogP contribution in [-0.2, 0) is 11.2 Å². The molecule has 0 atom stereocenters. The van der Waals surface area contributed by atoms with Crippen LogP contribution in [0.5, 0.6) is 5.75 Å². The Labute approximate surface area is 167 Å². The van der Waals surface area contributed by atoms with Crippen molar-refractivity contribution in [1.82, 2.24) is 24.6 Å². The van der Waals surface area contributed by atoms with Crippen molar-refractivity contribution in [2.24, 2.45) is 0 Å². The molecule has 1 fully saturated rings. The Morgan fingerprint density at radius 3 is 2.96 bits per heavy atom. The number of hydrogen-bond acceptors (Lipinski definition) is 6. The zero-order chi connectivity index (χ0) is 19.3. The van der Waals surface area contributed by atoms with Crippen molar-refractivity contribution in [1.29, 1.82) is 0 Å². The maximum atomic E-state index is 10.8. The van der Waals surface area contributed by atoms with Crippen LogP contribution in [0.4, 0.5) is 0 Å². The van der Waals surface area contributed by atoms with Crippen molar-refractivity contribution in [2.45, 2.75) is 32.2 Å². The van der Waals surface area contributed by atoms with Crippen LogP contribution in [0.15, 0.2) is 24.5 Å². The van der Waals surface area contributed by atoms with E-state index in [9.17, 15) is 4.79 Å². The van der Waals surface area contributed by atoms with E-state index < -0.39 is 0 Å². The lowest BCUT2D eigenvalue weighted by atomic mass is 9.90.